The van der Waals surface area contributed by atoms with Gasteiger partial charge in [0, 0.05) is 6.54 Å². The van der Waals surface area contributed by atoms with Gasteiger partial charge in [0.05, 0.1) is 6.04 Å². The summed E-state index contributed by atoms with van der Waals surface area (Å²) >= 11 is 7.52. The number of carbonyl (C=O) groups is 1. The molecule has 2 rings (SSSR count). The van der Waals surface area contributed by atoms with Crippen molar-refractivity contribution in [2.24, 2.45) is 0 Å². The summed E-state index contributed by atoms with van der Waals surface area (Å²) in [6.45, 7) is 2.59. The van der Waals surface area contributed by atoms with Crippen LogP contribution in [0.2, 0.25) is 0 Å². The van der Waals surface area contributed by atoms with Gasteiger partial charge in [-0.1, -0.05) is 0 Å². The van der Waals surface area contributed by atoms with E-state index in [0.717, 1.165) is 19.4 Å². The van der Waals surface area contributed by atoms with Crippen LogP contribution in [0.3, 0.4) is 0 Å². The Morgan fingerprint density at radius 3 is 3.13 bits per heavy atom. The highest BCUT2D eigenvalue weighted by atomic mass is 35.5. The average Bonchev–Trinajstić information content (AvgIpc) is 2.86. The van der Waals surface area contributed by atoms with Crippen LogP contribution >= 0.6 is 22.9 Å². The molecule has 1 fully saturated rings. The molecule has 0 N–H and O–H groups in total. The molecule has 2 atom stereocenters. The largest absolute Gasteiger partial charge is 0.334 e. The summed E-state index contributed by atoms with van der Waals surface area (Å²) in [6, 6.07) is 2.35. The molecule has 0 aromatic carbocycles. The number of hydrogen-bond acceptors (Lipinski definition) is 2. The number of nitrogens with zero attached hydrogens (tertiary/aromatic N) is 1. The lowest BCUT2D eigenvalue weighted by Gasteiger charge is -2.25. The first kappa shape index (κ1) is 11.0. The van der Waals surface area contributed by atoms with Gasteiger partial charge in [-0.05, 0) is 42.2 Å². The van der Waals surface area contributed by atoms with Crippen molar-refractivity contribution in [1.82, 2.24) is 4.90 Å². The first-order chi connectivity index (χ1) is 7.20. The highest BCUT2D eigenvalue weighted by molar-refractivity contribution is 7.07. The smallest absolute Gasteiger partial charge is 0.240 e. The molecule has 0 aliphatic carbocycles. The Hall–Kier alpha value is -0.540. The molecule has 1 amide bonds. The standard InChI is InChI=1S/C11H14ClNOS/c1-8(12)11(14)13-5-2-3-10(13)9-4-6-15-7-9/h4,6-8,10H,2-3,5H2,1H3. The van der Waals surface area contributed by atoms with E-state index in [1.54, 1.807) is 18.3 Å². The number of thiophene rings is 1. The fourth-order valence-electron chi connectivity index (χ4n) is 2.07. The predicted molar refractivity (Wildman–Crippen MR) is 63.3 cm³/mol. The van der Waals surface area contributed by atoms with Gasteiger partial charge >= 0.3 is 0 Å². The predicted octanol–water partition coefficient (Wildman–Crippen LogP) is 3.04. The van der Waals surface area contributed by atoms with Crippen molar-refractivity contribution in [2.75, 3.05) is 6.54 Å². The van der Waals surface area contributed by atoms with E-state index >= 15 is 0 Å². The Morgan fingerprint density at radius 1 is 1.73 bits per heavy atom. The second-order valence-electron chi connectivity index (χ2n) is 3.86. The number of hydrogen-bond donors (Lipinski definition) is 0. The maximum Gasteiger partial charge on any atom is 0.240 e. The fraction of sp³-hybridized carbons (Fsp3) is 0.545. The summed E-state index contributed by atoms with van der Waals surface area (Å²) in [4.78, 5) is 13.8. The van der Waals surface area contributed by atoms with Crippen LogP contribution in [0.5, 0.6) is 0 Å². The van der Waals surface area contributed by atoms with Crippen molar-refractivity contribution < 1.29 is 4.79 Å². The van der Waals surface area contributed by atoms with E-state index in [0.29, 0.717) is 0 Å². The first-order valence-corrected chi connectivity index (χ1v) is 6.54. The minimum absolute atomic E-state index is 0.0605. The molecular formula is C11H14ClNOS. The summed E-state index contributed by atoms with van der Waals surface area (Å²) in [5.41, 5.74) is 1.25. The topological polar surface area (TPSA) is 20.3 Å². The zero-order valence-corrected chi connectivity index (χ0v) is 10.2. The van der Waals surface area contributed by atoms with Crippen molar-refractivity contribution >= 4 is 28.8 Å². The first-order valence-electron chi connectivity index (χ1n) is 5.17. The van der Waals surface area contributed by atoms with E-state index in [2.05, 4.69) is 16.8 Å². The van der Waals surface area contributed by atoms with Crippen molar-refractivity contribution in [3.05, 3.63) is 22.4 Å². The third-order valence-corrected chi connectivity index (χ3v) is 3.69. The minimum atomic E-state index is -0.413. The van der Waals surface area contributed by atoms with Gasteiger partial charge in [-0.25, -0.2) is 0 Å². The number of likely N-dealkylation sites (tertiary alicyclic amines) is 1. The molecule has 82 valence electrons. The van der Waals surface area contributed by atoms with Crippen LogP contribution in [0.15, 0.2) is 16.8 Å². The number of carbonyl (C=O) groups excluding carboxylic acids is 1. The maximum atomic E-state index is 11.8. The van der Waals surface area contributed by atoms with Crippen LogP contribution in [0.4, 0.5) is 0 Å². The Kier molecular flexibility index (Phi) is 3.32. The molecule has 1 saturated heterocycles. The maximum absolute atomic E-state index is 11.8. The fourth-order valence-corrected chi connectivity index (χ4v) is 2.90. The van der Waals surface area contributed by atoms with Gasteiger partial charge in [0.25, 0.3) is 0 Å². The molecule has 0 spiro atoms. The molecule has 1 aliphatic rings. The lowest BCUT2D eigenvalue weighted by atomic mass is 10.1. The van der Waals surface area contributed by atoms with E-state index in [-0.39, 0.29) is 11.9 Å². The number of alkyl halides is 1. The molecule has 2 heterocycles. The number of rotatable bonds is 2. The Morgan fingerprint density at radius 2 is 2.53 bits per heavy atom. The third kappa shape index (κ3) is 2.18. The van der Waals surface area contributed by atoms with E-state index in [1.165, 1.54) is 5.56 Å². The van der Waals surface area contributed by atoms with Crippen LogP contribution in [0.25, 0.3) is 0 Å². The zero-order valence-electron chi connectivity index (χ0n) is 8.65. The molecule has 2 nitrogen and oxygen atoms in total. The second-order valence-corrected chi connectivity index (χ2v) is 5.30. The molecule has 2 unspecified atom stereocenters. The Labute approximate surface area is 98.8 Å². The molecule has 1 aliphatic heterocycles. The molecule has 4 heteroatoms. The van der Waals surface area contributed by atoms with Gasteiger partial charge in [0.15, 0.2) is 0 Å². The Bertz CT molecular complexity index is 336. The van der Waals surface area contributed by atoms with Gasteiger partial charge in [-0.3, -0.25) is 4.79 Å². The van der Waals surface area contributed by atoms with Crippen LogP contribution in [-0.2, 0) is 4.79 Å². The van der Waals surface area contributed by atoms with Crippen molar-refractivity contribution in [3.63, 3.8) is 0 Å². The van der Waals surface area contributed by atoms with Crippen molar-refractivity contribution in [2.45, 2.75) is 31.2 Å². The number of amides is 1. The van der Waals surface area contributed by atoms with Crippen molar-refractivity contribution in [3.8, 4) is 0 Å². The van der Waals surface area contributed by atoms with Crippen molar-refractivity contribution in [1.29, 1.82) is 0 Å². The van der Waals surface area contributed by atoms with Gasteiger partial charge in [0.1, 0.15) is 5.38 Å². The molecule has 0 saturated carbocycles. The van der Waals surface area contributed by atoms with Crippen LogP contribution in [-0.4, -0.2) is 22.7 Å². The van der Waals surface area contributed by atoms with Crippen LogP contribution < -0.4 is 0 Å². The molecular weight excluding hydrogens is 230 g/mol. The highest BCUT2D eigenvalue weighted by Crippen LogP contribution is 2.33. The average molecular weight is 244 g/mol. The minimum Gasteiger partial charge on any atom is -0.334 e. The summed E-state index contributed by atoms with van der Waals surface area (Å²) < 4.78 is 0. The summed E-state index contributed by atoms with van der Waals surface area (Å²) in [5.74, 6) is 0.0605. The molecule has 15 heavy (non-hydrogen) atoms. The molecule has 1 aromatic heterocycles. The lowest BCUT2D eigenvalue weighted by Crippen LogP contribution is -2.35. The summed E-state index contributed by atoms with van der Waals surface area (Å²) in [7, 11) is 0. The molecule has 0 radical (unpaired) electrons. The molecule has 1 aromatic rings. The van der Waals surface area contributed by atoms with Crippen LogP contribution in [0.1, 0.15) is 31.4 Å². The van der Waals surface area contributed by atoms with Crippen LogP contribution in [0, 0.1) is 0 Å². The SMILES string of the molecule is CC(Cl)C(=O)N1CCCC1c1ccsc1. The summed E-state index contributed by atoms with van der Waals surface area (Å²) in [6.07, 6.45) is 2.14. The second kappa shape index (κ2) is 4.54. The van der Waals surface area contributed by atoms with E-state index in [9.17, 15) is 4.79 Å². The van der Waals surface area contributed by atoms with Gasteiger partial charge < -0.3 is 4.90 Å². The third-order valence-electron chi connectivity index (χ3n) is 2.80. The van der Waals surface area contributed by atoms with E-state index in [1.807, 2.05) is 4.90 Å². The van der Waals surface area contributed by atoms with Gasteiger partial charge in [0.2, 0.25) is 5.91 Å². The normalized spacial score (nSPS) is 23.1. The quantitative estimate of drug-likeness (QED) is 0.732. The Balaban J connectivity index is 2.15. The summed E-state index contributed by atoms with van der Waals surface area (Å²) in [5, 5.41) is 3.76. The van der Waals surface area contributed by atoms with Gasteiger partial charge in [-0.2, -0.15) is 11.3 Å². The van der Waals surface area contributed by atoms with Gasteiger partial charge in [-0.15, -0.1) is 11.6 Å². The lowest BCUT2D eigenvalue weighted by molar-refractivity contribution is -0.131. The molecule has 0 bridgehead atoms. The monoisotopic (exact) mass is 243 g/mol. The zero-order chi connectivity index (χ0) is 10.8. The van der Waals surface area contributed by atoms with E-state index in [4.69, 9.17) is 11.6 Å². The van der Waals surface area contributed by atoms with E-state index < -0.39 is 5.38 Å². The number of halogens is 1. The highest BCUT2D eigenvalue weighted by Gasteiger charge is 2.31.